The molecule has 0 aliphatic carbocycles. The lowest BCUT2D eigenvalue weighted by Crippen LogP contribution is -2.24. The molecule has 5 nitrogen and oxygen atoms in total. The molecule has 0 aliphatic rings. The third kappa shape index (κ3) is 4.83. The van der Waals surface area contributed by atoms with Crippen LogP contribution in [-0.2, 0) is 9.84 Å². The molecule has 6 heteroatoms. The average Bonchev–Trinajstić information content (AvgIpc) is 2.25. The smallest absolute Gasteiger partial charge is 0.149 e. The lowest BCUT2D eigenvalue weighted by Gasteiger charge is -2.16. The minimum atomic E-state index is -3.00. The Balaban J connectivity index is 2.83. The summed E-state index contributed by atoms with van der Waals surface area (Å²) in [6.45, 7) is 1.81. The normalized spacial score (nSPS) is 12.9. The first kappa shape index (κ1) is 14.6. The van der Waals surface area contributed by atoms with Crippen LogP contribution in [0.15, 0.2) is 18.2 Å². The van der Waals surface area contributed by atoms with Gasteiger partial charge in [0.2, 0.25) is 0 Å². The van der Waals surface area contributed by atoms with E-state index in [-0.39, 0.29) is 11.8 Å². The SMILES string of the molecule is COc1cc(NC(C)CS(C)(=O)=O)cc(OC)c1. The van der Waals surface area contributed by atoms with Gasteiger partial charge in [0.1, 0.15) is 21.3 Å². The van der Waals surface area contributed by atoms with Gasteiger partial charge in [0.25, 0.3) is 0 Å². The van der Waals surface area contributed by atoms with Crippen molar-refractivity contribution < 1.29 is 17.9 Å². The van der Waals surface area contributed by atoms with E-state index in [4.69, 9.17) is 9.47 Å². The predicted molar refractivity (Wildman–Crippen MR) is 72.3 cm³/mol. The fourth-order valence-electron chi connectivity index (χ4n) is 1.67. The van der Waals surface area contributed by atoms with E-state index in [1.54, 1.807) is 32.4 Å². The van der Waals surface area contributed by atoms with Gasteiger partial charge in [-0.3, -0.25) is 0 Å². The highest BCUT2D eigenvalue weighted by Gasteiger charge is 2.11. The summed E-state index contributed by atoms with van der Waals surface area (Å²) in [4.78, 5) is 0. The molecule has 102 valence electrons. The number of ether oxygens (including phenoxy) is 2. The molecule has 0 amide bonds. The van der Waals surface area contributed by atoms with Crippen molar-refractivity contribution in [1.82, 2.24) is 0 Å². The van der Waals surface area contributed by atoms with E-state index < -0.39 is 9.84 Å². The molecule has 0 fully saturated rings. The first-order valence-electron chi connectivity index (χ1n) is 5.51. The third-order valence-electron chi connectivity index (χ3n) is 2.32. The minimum absolute atomic E-state index is 0.0759. The lowest BCUT2D eigenvalue weighted by atomic mass is 10.2. The minimum Gasteiger partial charge on any atom is -0.497 e. The highest BCUT2D eigenvalue weighted by atomic mass is 32.2. The summed E-state index contributed by atoms with van der Waals surface area (Å²) in [6, 6.07) is 5.16. The number of anilines is 1. The van der Waals surface area contributed by atoms with E-state index in [0.717, 1.165) is 5.69 Å². The van der Waals surface area contributed by atoms with E-state index in [1.165, 1.54) is 6.26 Å². The molecule has 0 saturated heterocycles. The molecule has 1 rings (SSSR count). The number of sulfone groups is 1. The number of hydrogen-bond donors (Lipinski definition) is 1. The van der Waals surface area contributed by atoms with Crippen molar-refractivity contribution in [1.29, 1.82) is 0 Å². The predicted octanol–water partition coefficient (Wildman–Crippen LogP) is 1.55. The second-order valence-corrected chi connectivity index (χ2v) is 6.42. The van der Waals surface area contributed by atoms with Gasteiger partial charge < -0.3 is 14.8 Å². The van der Waals surface area contributed by atoms with Crippen LogP contribution in [0.4, 0.5) is 5.69 Å². The van der Waals surface area contributed by atoms with Crippen LogP contribution in [0, 0.1) is 0 Å². The van der Waals surface area contributed by atoms with Crippen LogP contribution in [-0.4, -0.2) is 40.7 Å². The Labute approximate surface area is 108 Å². The molecular formula is C12H19NO4S. The van der Waals surface area contributed by atoms with Gasteiger partial charge in [0.15, 0.2) is 0 Å². The Hall–Kier alpha value is -1.43. The summed E-state index contributed by atoms with van der Waals surface area (Å²) in [6.07, 6.45) is 1.22. The van der Waals surface area contributed by atoms with Crippen LogP contribution in [0.3, 0.4) is 0 Å². The van der Waals surface area contributed by atoms with Gasteiger partial charge in [-0.15, -0.1) is 0 Å². The molecule has 0 radical (unpaired) electrons. The van der Waals surface area contributed by atoms with Crippen molar-refractivity contribution in [2.45, 2.75) is 13.0 Å². The summed E-state index contributed by atoms with van der Waals surface area (Å²) in [5.74, 6) is 1.39. The quantitative estimate of drug-likeness (QED) is 0.852. The van der Waals surface area contributed by atoms with Gasteiger partial charge in [0, 0.05) is 36.2 Å². The van der Waals surface area contributed by atoms with E-state index in [2.05, 4.69) is 5.32 Å². The maximum absolute atomic E-state index is 11.2. The highest BCUT2D eigenvalue weighted by molar-refractivity contribution is 7.90. The molecule has 1 atom stereocenters. The van der Waals surface area contributed by atoms with Gasteiger partial charge >= 0.3 is 0 Å². The molecule has 1 unspecified atom stereocenters. The van der Waals surface area contributed by atoms with Crippen molar-refractivity contribution >= 4 is 15.5 Å². The van der Waals surface area contributed by atoms with Crippen molar-refractivity contribution in [3.8, 4) is 11.5 Å². The molecular weight excluding hydrogens is 254 g/mol. The van der Waals surface area contributed by atoms with Gasteiger partial charge in [-0.05, 0) is 6.92 Å². The van der Waals surface area contributed by atoms with E-state index in [1.807, 2.05) is 6.92 Å². The molecule has 0 aromatic heterocycles. The largest absolute Gasteiger partial charge is 0.497 e. The second kappa shape index (κ2) is 5.95. The summed E-state index contributed by atoms with van der Waals surface area (Å²) in [5.41, 5.74) is 0.766. The lowest BCUT2D eigenvalue weighted by molar-refractivity contribution is 0.394. The van der Waals surface area contributed by atoms with Crippen LogP contribution in [0.25, 0.3) is 0 Å². The Morgan fingerprint density at radius 1 is 1.17 bits per heavy atom. The summed E-state index contributed by atoms with van der Waals surface area (Å²) in [7, 11) is 0.136. The summed E-state index contributed by atoms with van der Waals surface area (Å²) >= 11 is 0. The molecule has 1 N–H and O–H groups in total. The van der Waals surface area contributed by atoms with E-state index in [0.29, 0.717) is 11.5 Å². The van der Waals surface area contributed by atoms with Crippen LogP contribution in [0.5, 0.6) is 11.5 Å². The number of rotatable bonds is 6. The summed E-state index contributed by atoms with van der Waals surface area (Å²) < 4.78 is 32.7. The number of nitrogens with one attached hydrogen (secondary N) is 1. The zero-order valence-corrected chi connectivity index (χ0v) is 11.9. The summed E-state index contributed by atoms with van der Waals surface area (Å²) in [5, 5.41) is 3.11. The average molecular weight is 273 g/mol. The number of methoxy groups -OCH3 is 2. The zero-order valence-electron chi connectivity index (χ0n) is 11.1. The Kier molecular flexibility index (Phi) is 4.84. The fourth-order valence-corrected chi connectivity index (χ4v) is 2.66. The maximum atomic E-state index is 11.2. The molecule has 0 bridgehead atoms. The van der Waals surface area contributed by atoms with E-state index >= 15 is 0 Å². The highest BCUT2D eigenvalue weighted by Crippen LogP contribution is 2.26. The van der Waals surface area contributed by atoms with Gasteiger partial charge in [-0.1, -0.05) is 0 Å². The third-order valence-corrected chi connectivity index (χ3v) is 3.42. The molecule has 0 heterocycles. The molecule has 0 spiro atoms. The Morgan fingerprint density at radius 2 is 1.67 bits per heavy atom. The maximum Gasteiger partial charge on any atom is 0.149 e. The Morgan fingerprint density at radius 3 is 2.06 bits per heavy atom. The zero-order chi connectivity index (χ0) is 13.8. The van der Waals surface area contributed by atoms with Crippen LogP contribution in [0.1, 0.15) is 6.92 Å². The van der Waals surface area contributed by atoms with Crippen LogP contribution >= 0.6 is 0 Å². The number of hydrogen-bond acceptors (Lipinski definition) is 5. The van der Waals surface area contributed by atoms with Crippen molar-refractivity contribution in [3.63, 3.8) is 0 Å². The van der Waals surface area contributed by atoms with Crippen molar-refractivity contribution in [2.75, 3.05) is 31.5 Å². The van der Waals surface area contributed by atoms with Crippen molar-refractivity contribution in [2.24, 2.45) is 0 Å². The standard InChI is InChI=1S/C12H19NO4S/c1-9(8-18(4,14)15)13-10-5-11(16-2)7-12(6-10)17-3/h5-7,9,13H,8H2,1-4H3. The van der Waals surface area contributed by atoms with E-state index in [9.17, 15) is 8.42 Å². The molecule has 18 heavy (non-hydrogen) atoms. The second-order valence-electron chi connectivity index (χ2n) is 4.24. The first-order valence-corrected chi connectivity index (χ1v) is 7.57. The monoisotopic (exact) mass is 273 g/mol. The van der Waals surface area contributed by atoms with Gasteiger partial charge in [0.05, 0.1) is 20.0 Å². The topological polar surface area (TPSA) is 64.6 Å². The Bertz CT molecular complexity index is 477. The van der Waals surface area contributed by atoms with Crippen LogP contribution in [0.2, 0.25) is 0 Å². The first-order chi connectivity index (χ1) is 8.34. The molecule has 0 aliphatic heterocycles. The van der Waals surface area contributed by atoms with Crippen LogP contribution < -0.4 is 14.8 Å². The molecule has 1 aromatic rings. The molecule has 0 saturated carbocycles. The van der Waals surface area contributed by atoms with Gasteiger partial charge in [-0.25, -0.2) is 8.42 Å². The van der Waals surface area contributed by atoms with Gasteiger partial charge in [-0.2, -0.15) is 0 Å². The number of benzene rings is 1. The molecule has 1 aromatic carbocycles. The van der Waals surface area contributed by atoms with Crippen molar-refractivity contribution in [3.05, 3.63) is 18.2 Å². The fraction of sp³-hybridized carbons (Fsp3) is 0.500.